The molecule has 2 aliphatic rings. The number of likely N-dealkylation sites (tertiary alicyclic amines) is 2. The van der Waals surface area contributed by atoms with Crippen LogP contribution in [0, 0.1) is 10.8 Å². The van der Waals surface area contributed by atoms with Crippen molar-refractivity contribution in [2.24, 2.45) is 10.8 Å². The van der Waals surface area contributed by atoms with Crippen LogP contribution >= 0.6 is 0 Å². The predicted octanol–water partition coefficient (Wildman–Crippen LogP) is 1.27. The van der Waals surface area contributed by atoms with Gasteiger partial charge in [0.15, 0.2) is 0 Å². The molecule has 1 aromatic heterocycles. The van der Waals surface area contributed by atoms with Crippen molar-refractivity contribution < 1.29 is 33.6 Å². The van der Waals surface area contributed by atoms with Crippen molar-refractivity contribution in [1.82, 2.24) is 52.0 Å². The second kappa shape index (κ2) is 20.4. The van der Waals surface area contributed by atoms with Crippen molar-refractivity contribution in [3.8, 4) is 0 Å². The number of carbonyl (C=O) groups excluding carboxylic acids is 7. The SMILES string of the molecule is CN[C@@H](C)C(=O)N[C@H](C(=O)N1CC[C@H](NC(=O)c2cncc(C(=O)NC3C[C@@H](C(=O)N[C@H](C)c4ccccc4)N(C(=O)[C@@H](NC(=O)[C@H](C)NC)C(C)(C)C)C3)c2)C1)C(C)(C)C. The molecule has 7 amide bonds. The van der Waals surface area contributed by atoms with Crippen LogP contribution in [0.3, 0.4) is 0 Å². The molecule has 0 bridgehead atoms. The van der Waals surface area contributed by atoms with Gasteiger partial charge in [-0.1, -0.05) is 71.9 Å². The molecule has 334 valence electrons. The van der Waals surface area contributed by atoms with Crippen LogP contribution in [0.2, 0.25) is 0 Å². The monoisotopic (exact) mass is 847 g/mol. The summed E-state index contributed by atoms with van der Waals surface area (Å²) in [4.78, 5) is 102. The van der Waals surface area contributed by atoms with Crippen LogP contribution in [-0.4, -0.2) is 132 Å². The molecule has 4 rings (SSSR count). The molecule has 17 heteroatoms. The first kappa shape index (κ1) is 48.2. The van der Waals surface area contributed by atoms with Gasteiger partial charge >= 0.3 is 0 Å². The van der Waals surface area contributed by atoms with Crippen LogP contribution in [0.1, 0.15) is 107 Å². The van der Waals surface area contributed by atoms with Crippen molar-refractivity contribution in [3.05, 3.63) is 65.5 Å². The zero-order valence-electron chi connectivity index (χ0n) is 37.5. The second-order valence-electron chi connectivity index (χ2n) is 18.4. The minimum Gasteiger partial charge on any atom is -0.348 e. The number of carbonyl (C=O) groups is 7. The molecule has 61 heavy (non-hydrogen) atoms. The number of hydrogen-bond donors (Lipinski definition) is 7. The fourth-order valence-electron chi connectivity index (χ4n) is 7.31. The quantitative estimate of drug-likeness (QED) is 0.136. The van der Waals surface area contributed by atoms with E-state index in [-0.39, 0.29) is 60.4 Å². The average Bonchev–Trinajstić information content (AvgIpc) is 3.87. The normalized spacial score (nSPS) is 20.4. The van der Waals surface area contributed by atoms with E-state index in [2.05, 4.69) is 42.2 Å². The van der Waals surface area contributed by atoms with E-state index >= 15 is 0 Å². The molecule has 0 spiro atoms. The Labute approximate surface area is 359 Å². The smallest absolute Gasteiger partial charge is 0.253 e. The number of hydrogen-bond acceptors (Lipinski definition) is 10. The Kier molecular flexibility index (Phi) is 16.2. The highest BCUT2D eigenvalue weighted by Gasteiger charge is 2.46. The third-order valence-corrected chi connectivity index (χ3v) is 11.4. The lowest BCUT2D eigenvalue weighted by Gasteiger charge is -2.36. The van der Waals surface area contributed by atoms with Gasteiger partial charge in [0.05, 0.1) is 29.3 Å². The maximum atomic E-state index is 14.4. The molecule has 0 aliphatic carbocycles. The summed E-state index contributed by atoms with van der Waals surface area (Å²) in [5, 5.41) is 20.4. The Morgan fingerprint density at radius 3 is 1.70 bits per heavy atom. The summed E-state index contributed by atoms with van der Waals surface area (Å²) in [5.74, 6) is -2.79. The maximum absolute atomic E-state index is 14.4. The molecule has 1 unspecified atom stereocenters. The minimum atomic E-state index is -0.982. The van der Waals surface area contributed by atoms with Crippen molar-refractivity contribution in [2.75, 3.05) is 33.7 Å². The molecule has 2 saturated heterocycles. The van der Waals surface area contributed by atoms with Crippen molar-refractivity contribution in [3.63, 3.8) is 0 Å². The van der Waals surface area contributed by atoms with E-state index in [1.165, 1.54) is 23.4 Å². The Morgan fingerprint density at radius 1 is 0.689 bits per heavy atom. The van der Waals surface area contributed by atoms with Gasteiger partial charge in [0.25, 0.3) is 11.8 Å². The standard InChI is InChI=1S/C44H66N10O7/c1-25(28-15-13-12-14-16-28)48-40(59)33-20-32(24-54(33)42(61)35(44(7,8)9)52-37(56)27(3)46-11)50-39(58)30-19-29(21-47-22-30)38(57)49-31-17-18-53(23-31)41(60)34(43(4,5)6)51-36(55)26(2)45-10/h12-16,19,21-22,25-27,31-35,45-46H,17-18,20,23-24H2,1-11H3,(H,48,59)(H,49,57)(H,50,58)(H,51,55)(H,52,56)/t25-,26+,27+,31+,32?,33+,34-,35-/m1/s1. The fraction of sp³-hybridized carbons (Fsp3) is 0.591. The number of benzene rings is 1. The van der Waals surface area contributed by atoms with Gasteiger partial charge in [-0.2, -0.15) is 0 Å². The molecule has 2 aromatic rings. The van der Waals surface area contributed by atoms with E-state index in [9.17, 15) is 33.6 Å². The summed E-state index contributed by atoms with van der Waals surface area (Å²) in [6.07, 6.45) is 3.27. The molecular formula is C44H66N10O7. The Morgan fingerprint density at radius 2 is 1.20 bits per heavy atom. The molecule has 2 aliphatic heterocycles. The van der Waals surface area contributed by atoms with Crippen molar-refractivity contribution in [2.45, 2.75) is 123 Å². The van der Waals surface area contributed by atoms with Gasteiger partial charge in [0.2, 0.25) is 29.5 Å². The highest BCUT2D eigenvalue weighted by Crippen LogP contribution is 2.28. The van der Waals surface area contributed by atoms with Crippen LogP contribution < -0.4 is 37.2 Å². The molecule has 7 N–H and O–H groups in total. The molecular weight excluding hydrogens is 781 g/mol. The number of nitrogens with one attached hydrogen (secondary N) is 7. The molecule has 1 aromatic carbocycles. The Hall–Kier alpha value is -5.42. The first-order valence-corrected chi connectivity index (χ1v) is 21.0. The van der Waals surface area contributed by atoms with E-state index in [0.29, 0.717) is 13.0 Å². The van der Waals surface area contributed by atoms with E-state index in [1.54, 1.807) is 32.8 Å². The lowest BCUT2D eigenvalue weighted by Crippen LogP contribution is -2.59. The molecule has 0 radical (unpaired) electrons. The highest BCUT2D eigenvalue weighted by molar-refractivity contribution is 6.00. The number of aromatic nitrogens is 1. The van der Waals surface area contributed by atoms with Crippen LogP contribution in [0.4, 0.5) is 0 Å². The number of pyridine rings is 1. The average molecular weight is 847 g/mol. The van der Waals surface area contributed by atoms with Gasteiger partial charge in [-0.3, -0.25) is 38.5 Å². The minimum absolute atomic E-state index is 0.00874. The molecule has 8 atom stereocenters. The van der Waals surface area contributed by atoms with E-state index in [1.807, 2.05) is 78.8 Å². The molecule has 0 saturated carbocycles. The summed E-state index contributed by atoms with van der Waals surface area (Å²) in [6, 6.07) is 5.64. The third-order valence-electron chi connectivity index (χ3n) is 11.4. The van der Waals surface area contributed by atoms with Crippen LogP contribution in [0.5, 0.6) is 0 Å². The molecule has 2 fully saturated rings. The first-order valence-electron chi connectivity index (χ1n) is 21.0. The summed E-state index contributed by atoms with van der Waals surface area (Å²) in [7, 11) is 3.31. The highest BCUT2D eigenvalue weighted by atomic mass is 16.2. The van der Waals surface area contributed by atoms with Gasteiger partial charge < -0.3 is 47.0 Å². The maximum Gasteiger partial charge on any atom is 0.253 e. The topological polar surface area (TPSA) is 223 Å². The number of amides is 7. The van der Waals surface area contributed by atoms with E-state index in [0.717, 1.165) is 5.56 Å². The van der Waals surface area contributed by atoms with E-state index in [4.69, 9.17) is 0 Å². The Balaban J connectivity index is 1.47. The number of likely N-dealkylation sites (N-methyl/N-ethyl adjacent to an activating group) is 2. The fourth-order valence-corrected chi connectivity index (χ4v) is 7.31. The summed E-state index contributed by atoms with van der Waals surface area (Å²) in [6.45, 7) is 17.0. The molecule has 3 heterocycles. The van der Waals surface area contributed by atoms with Gasteiger partial charge in [0.1, 0.15) is 18.1 Å². The number of nitrogens with zero attached hydrogens (tertiary/aromatic N) is 3. The van der Waals surface area contributed by atoms with Crippen molar-refractivity contribution >= 4 is 41.4 Å². The first-order chi connectivity index (χ1) is 28.5. The van der Waals surface area contributed by atoms with Gasteiger partial charge in [-0.05, 0) is 70.2 Å². The predicted molar refractivity (Wildman–Crippen MR) is 231 cm³/mol. The van der Waals surface area contributed by atoms with Gasteiger partial charge in [-0.15, -0.1) is 0 Å². The van der Waals surface area contributed by atoms with Crippen LogP contribution in [-0.2, 0) is 24.0 Å². The summed E-state index contributed by atoms with van der Waals surface area (Å²) < 4.78 is 0. The van der Waals surface area contributed by atoms with Crippen LogP contribution in [0.25, 0.3) is 0 Å². The Bertz CT molecular complexity index is 1910. The third kappa shape index (κ3) is 12.6. The number of rotatable bonds is 15. The zero-order valence-corrected chi connectivity index (χ0v) is 37.5. The summed E-state index contributed by atoms with van der Waals surface area (Å²) in [5.41, 5.74) is -0.182. The van der Waals surface area contributed by atoms with Gasteiger partial charge in [0, 0.05) is 44.1 Å². The zero-order chi connectivity index (χ0) is 45.4. The summed E-state index contributed by atoms with van der Waals surface area (Å²) >= 11 is 0. The second-order valence-corrected chi connectivity index (χ2v) is 18.4. The van der Waals surface area contributed by atoms with E-state index < -0.39 is 70.7 Å². The lowest BCUT2D eigenvalue weighted by atomic mass is 9.85. The van der Waals surface area contributed by atoms with Crippen LogP contribution in [0.15, 0.2) is 48.8 Å². The van der Waals surface area contributed by atoms with Crippen molar-refractivity contribution in [1.29, 1.82) is 0 Å². The largest absolute Gasteiger partial charge is 0.348 e. The van der Waals surface area contributed by atoms with Gasteiger partial charge in [-0.25, -0.2) is 0 Å². The lowest BCUT2D eigenvalue weighted by molar-refractivity contribution is -0.144. The molecule has 17 nitrogen and oxygen atoms in total.